The third-order valence-corrected chi connectivity index (χ3v) is 2.33. The van der Waals surface area contributed by atoms with Crippen LogP contribution in [0.2, 0.25) is 0 Å². The second kappa shape index (κ2) is 8.31. The van der Waals surface area contributed by atoms with Gasteiger partial charge >= 0.3 is 0 Å². The Morgan fingerprint density at radius 2 is 1.70 bits per heavy atom. The zero-order chi connectivity index (χ0) is 13.5. The minimum Gasteiger partial charge on any atom is -0.366 e. The van der Waals surface area contributed by atoms with E-state index in [1.165, 1.54) is 6.33 Å². The van der Waals surface area contributed by atoms with Crippen molar-refractivity contribution in [3.05, 3.63) is 66.7 Å². The average Bonchev–Trinajstić information content (AvgIpc) is 2.49. The Morgan fingerprint density at radius 3 is 2.30 bits per heavy atom. The Kier molecular flexibility index (Phi) is 6.71. The van der Waals surface area contributed by atoms with Crippen molar-refractivity contribution in [2.45, 2.75) is 0 Å². The second-order valence-electron chi connectivity index (χ2n) is 3.66. The molecule has 0 atom stereocenters. The summed E-state index contributed by atoms with van der Waals surface area (Å²) in [5, 5.41) is 0. The average molecular weight is 459 g/mol. The van der Waals surface area contributed by atoms with E-state index in [-0.39, 0.29) is 33.2 Å². The molecule has 0 saturated heterocycles. The molecule has 2 heterocycles. The summed E-state index contributed by atoms with van der Waals surface area (Å²) in [6.07, 6.45) is 4.94. The van der Waals surface area contributed by atoms with Crippen molar-refractivity contribution in [1.82, 2.24) is 15.0 Å². The van der Waals surface area contributed by atoms with Crippen LogP contribution in [0, 0.1) is 0 Å². The van der Waals surface area contributed by atoms with E-state index in [1.54, 1.807) is 36.7 Å². The van der Waals surface area contributed by atoms with Crippen LogP contribution in [0.1, 0.15) is 10.4 Å². The van der Waals surface area contributed by atoms with Crippen molar-refractivity contribution in [1.29, 1.82) is 0 Å². The molecule has 2 N–H and O–H groups in total. The van der Waals surface area contributed by atoms with Crippen LogP contribution in [0.3, 0.4) is 0 Å². The molecule has 5 nitrogen and oxygen atoms in total. The van der Waals surface area contributed by atoms with Gasteiger partial charge in [0.05, 0.1) is 11.7 Å². The van der Waals surface area contributed by atoms with E-state index in [0.717, 1.165) is 11.0 Å². The quantitative estimate of drug-likeness (QED) is 0.559. The molecule has 0 aliphatic carbocycles. The summed E-state index contributed by atoms with van der Waals surface area (Å²) in [5.41, 5.74) is 7.25. The zero-order valence-electron chi connectivity index (χ0n) is 10.6. The molecule has 0 fully saturated rings. The normalized spacial score (nSPS) is 9.00. The van der Waals surface area contributed by atoms with Crippen LogP contribution in [-0.4, -0.2) is 48.2 Å². The number of fused-ring (bicyclic) bond motifs is 1. The van der Waals surface area contributed by atoms with Gasteiger partial charge in [0.15, 0.2) is 0 Å². The second-order valence-corrected chi connectivity index (χ2v) is 3.66. The molecule has 3 aromatic rings. The number of hydrogen-bond acceptors (Lipinski definition) is 4. The fourth-order valence-electron chi connectivity index (χ4n) is 1.42. The first-order valence-corrected chi connectivity index (χ1v) is 5.63. The molecule has 0 aliphatic heterocycles. The largest absolute Gasteiger partial charge is 0.366 e. The van der Waals surface area contributed by atoms with Gasteiger partial charge in [-0.3, -0.25) is 9.78 Å². The number of primary amides is 1. The Morgan fingerprint density at radius 1 is 0.950 bits per heavy atom. The minimum absolute atomic E-state index is 0. The predicted molar refractivity (Wildman–Crippen MR) is 78.0 cm³/mol. The molecule has 1 aromatic carbocycles. The van der Waals surface area contributed by atoms with Crippen molar-refractivity contribution >= 4 is 44.2 Å². The number of hydrogen-bond donors (Lipinski definition) is 1. The van der Waals surface area contributed by atoms with E-state index in [4.69, 9.17) is 5.73 Å². The van der Waals surface area contributed by atoms with E-state index >= 15 is 0 Å². The predicted octanol–water partition coefficient (Wildman–Crippen LogP) is 1.43. The van der Waals surface area contributed by atoms with E-state index in [2.05, 4.69) is 15.0 Å². The molecule has 2 aromatic heterocycles. The molecular weight excluding hydrogens is 447 g/mol. The Labute approximate surface area is 136 Å². The van der Waals surface area contributed by atoms with Gasteiger partial charge in [-0.15, -0.1) is 0 Å². The molecule has 3 rings (SSSR count). The standard InChI is InChI=1S/C7H5N3.C7H7NO.Pb/c1-2-6-7(9-3-1)4-8-5-10-6;8-7(9)6-4-2-1-3-5-6;/h1-5H;1-5H,(H2,8,9);. The molecule has 0 spiro atoms. The molecule has 6 heteroatoms. The Bertz CT molecular complexity index is 611. The van der Waals surface area contributed by atoms with Gasteiger partial charge in [-0.05, 0) is 24.3 Å². The summed E-state index contributed by atoms with van der Waals surface area (Å²) < 4.78 is 0. The third kappa shape index (κ3) is 4.65. The van der Waals surface area contributed by atoms with Crippen LogP contribution >= 0.6 is 0 Å². The maximum atomic E-state index is 10.4. The van der Waals surface area contributed by atoms with E-state index in [9.17, 15) is 4.79 Å². The molecule has 1 amide bonds. The van der Waals surface area contributed by atoms with Crippen molar-refractivity contribution in [3.63, 3.8) is 0 Å². The number of aromatic nitrogens is 3. The van der Waals surface area contributed by atoms with Crippen molar-refractivity contribution in [2.75, 3.05) is 0 Å². The van der Waals surface area contributed by atoms with Gasteiger partial charge in [0.25, 0.3) is 0 Å². The van der Waals surface area contributed by atoms with Crippen LogP contribution in [0.5, 0.6) is 0 Å². The van der Waals surface area contributed by atoms with Crippen LogP contribution in [0.25, 0.3) is 11.0 Å². The molecule has 4 radical (unpaired) electrons. The Hall–Kier alpha value is -1.90. The van der Waals surface area contributed by atoms with Crippen LogP contribution in [0.4, 0.5) is 0 Å². The molecular formula is C14H12N4OPb. The topological polar surface area (TPSA) is 81.8 Å². The summed E-state index contributed by atoms with van der Waals surface area (Å²) in [5.74, 6) is -0.379. The number of carbonyl (C=O) groups excluding carboxylic acids is 1. The van der Waals surface area contributed by atoms with Gasteiger partial charge in [0.2, 0.25) is 5.91 Å². The van der Waals surface area contributed by atoms with Crippen LogP contribution < -0.4 is 5.73 Å². The number of pyridine rings is 1. The number of rotatable bonds is 1. The van der Waals surface area contributed by atoms with Gasteiger partial charge in [-0.25, -0.2) is 9.97 Å². The van der Waals surface area contributed by atoms with Crippen molar-refractivity contribution in [3.8, 4) is 0 Å². The number of nitrogens with zero attached hydrogens (tertiary/aromatic N) is 3. The molecule has 20 heavy (non-hydrogen) atoms. The van der Waals surface area contributed by atoms with Gasteiger partial charge < -0.3 is 5.73 Å². The summed E-state index contributed by atoms with van der Waals surface area (Å²) in [6, 6.07) is 12.5. The number of amides is 1. The number of carbonyl (C=O) groups is 1. The maximum Gasteiger partial charge on any atom is 0.248 e. The van der Waals surface area contributed by atoms with Gasteiger partial charge in [0.1, 0.15) is 11.8 Å². The number of benzene rings is 1. The van der Waals surface area contributed by atoms with E-state index < -0.39 is 0 Å². The fraction of sp³-hybridized carbons (Fsp3) is 0. The monoisotopic (exact) mass is 460 g/mol. The van der Waals surface area contributed by atoms with Gasteiger partial charge in [-0.2, -0.15) is 0 Å². The zero-order valence-corrected chi connectivity index (χ0v) is 14.5. The molecule has 0 saturated carbocycles. The minimum atomic E-state index is -0.379. The fourth-order valence-corrected chi connectivity index (χ4v) is 1.42. The summed E-state index contributed by atoms with van der Waals surface area (Å²) >= 11 is 0. The summed E-state index contributed by atoms with van der Waals surface area (Å²) in [6.45, 7) is 0. The first-order chi connectivity index (χ1) is 9.27. The molecule has 0 aliphatic rings. The van der Waals surface area contributed by atoms with Crippen LogP contribution in [0.15, 0.2) is 61.2 Å². The molecule has 0 bridgehead atoms. The van der Waals surface area contributed by atoms with E-state index in [1.807, 2.05) is 18.2 Å². The van der Waals surface area contributed by atoms with Crippen molar-refractivity contribution in [2.24, 2.45) is 5.73 Å². The van der Waals surface area contributed by atoms with E-state index in [0.29, 0.717) is 5.56 Å². The molecule has 0 unspecified atom stereocenters. The molecule has 98 valence electrons. The van der Waals surface area contributed by atoms with Crippen molar-refractivity contribution < 1.29 is 4.79 Å². The number of nitrogens with two attached hydrogens (primary N) is 1. The smallest absolute Gasteiger partial charge is 0.248 e. The summed E-state index contributed by atoms with van der Waals surface area (Å²) in [4.78, 5) is 22.3. The summed E-state index contributed by atoms with van der Waals surface area (Å²) in [7, 11) is 0. The SMILES string of the molecule is NC(=O)c1ccccc1.[Pb].c1cnc2cncnc2c1. The maximum absolute atomic E-state index is 10.4. The first kappa shape index (κ1) is 16.2. The van der Waals surface area contributed by atoms with Crippen LogP contribution in [-0.2, 0) is 0 Å². The third-order valence-electron chi connectivity index (χ3n) is 2.33. The van der Waals surface area contributed by atoms with Gasteiger partial charge in [-0.1, -0.05) is 18.2 Å². The first-order valence-electron chi connectivity index (χ1n) is 5.63. The Balaban J connectivity index is 0.000000192. The van der Waals surface area contributed by atoms with Gasteiger partial charge in [0, 0.05) is 39.1 Å².